The van der Waals surface area contributed by atoms with Gasteiger partial charge in [-0.1, -0.05) is 18.2 Å². The highest BCUT2D eigenvalue weighted by atomic mass is 16.5. The summed E-state index contributed by atoms with van der Waals surface area (Å²) in [6.45, 7) is 6.05. The number of nitrogens with zero attached hydrogens (tertiary/aromatic N) is 1. The molecule has 1 rings (SSSR count). The van der Waals surface area contributed by atoms with Gasteiger partial charge in [0.25, 0.3) is 0 Å². The summed E-state index contributed by atoms with van der Waals surface area (Å²) in [5.74, 6) is 0.569. The number of carbonyl (C=O) groups is 1. The van der Waals surface area contributed by atoms with Crippen molar-refractivity contribution >= 4 is 6.09 Å². The average molecular weight is 264 g/mol. The Morgan fingerprint density at radius 1 is 1.26 bits per heavy atom. The first kappa shape index (κ1) is 15.5. The molecule has 4 heteroatoms. The standard InChI is InChI=1S/C15H24N2O2/c1-13(2)17(3)12-8-7-11-16-15(18)19-14-9-5-4-6-10-14/h4-6,9-10,13H,7-8,11-12H2,1-3H3,(H,16,18). The van der Waals surface area contributed by atoms with Gasteiger partial charge in [-0.05, 0) is 52.4 Å². The van der Waals surface area contributed by atoms with Gasteiger partial charge in [0.2, 0.25) is 0 Å². The molecule has 0 unspecified atom stereocenters. The number of amides is 1. The van der Waals surface area contributed by atoms with Crippen molar-refractivity contribution in [3.8, 4) is 5.75 Å². The van der Waals surface area contributed by atoms with Crippen molar-refractivity contribution in [1.29, 1.82) is 0 Å². The van der Waals surface area contributed by atoms with Gasteiger partial charge in [-0.2, -0.15) is 0 Å². The van der Waals surface area contributed by atoms with Gasteiger partial charge < -0.3 is 15.0 Å². The fourth-order valence-electron chi connectivity index (χ4n) is 1.57. The number of hydrogen-bond donors (Lipinski definition) is 1. The molecule has 1 aromatic rings. The zero-order valence-corrected chi connectivity index (χ0v) is 12.1. The molecule has 1 N–H and O–H groups in total. The van der Waals surface area contributed by atoms with Crippen LogP contribution in [-0.4, -0.2) is 37.2 Å². The Kier molecular flexibility index (Phi) is 6.97. The van der Waals surface area contributed by atoms with Crippen LogP contribution in [0.5, 0.6) is 5.75 Å². The zero-order valence-electron chi connectivity index (χ0n) is 12.1. The minimum Gasteiger partial charge on any atom is -0.410 e. The van der Waals surface area contributed by atoms with Crippen LogP contribution >= 0.6 is 0 Å². The summed E-state index contributed by atoms with van der Waals surface area (Å²) in [5.41, 5.74) is 0. The molecule has 0 bridgehead atoms. The molecule has 0 aliphatic carbocycles. The third-order valence-electron chi connectivity index (χ3n) is 3.04. The van der Waals surface area contributed by atoms with E-state index in [0.717, 1.165) is 19.4 Å². The van der Waals surface area contributed by atoms with Crippen LogP contribution < -0.4 is 10.1 Å². The zero-order chi connectivity index (χ0) is 14.1. The maximum atomic E-state index is 11.5. The van der Waals surface area contributed by atoms with Gasteiger partial charge in [-0.25, -0.2) is 4.79 Å². The van der Waals surface area contributed by atoms with E-state index in [4.69, 9.17) is 4.74 Å². The maximum absolute atomic E-state index is 11.5. The molecule has 0 spiro atoms. The summed E-state index contributed by atoms with van der Waals surface area (Å²) in [6, 6.07) is 9.65. The number of nitrogens with one attached hydrogen (secondary N) is 1. The molecule has 1 aromatic carbocycles. The number of rotatable bonds is 7. The predicted molar refractivity (Wildman–Crippen MR) is 77.5 cm³/mol. The Balaban J connectivity index is 2.08. The van der Waals surface area contributed by atoms with E-state index in [2.05, 4.69) is 31.1 Å². The first-order valence-electron chi connectivity index (χ1n) is 6.80. The normalized spacial score (nSPS) is 10.8. The highest BCUT2D eigenvalue weighted by Crippen LogP contribution is 2.08. The number of hydrogen-bond acceptors (Lipinski definition) is 3. The van der Waals surface area contributed by atoms with Gasteiger partial charge in [-0.3, -0.25) is 0 Å². The second kappa shape index (κ2) is 8.53. The SMILES string of the molecule is CC(C)N(C)CCCCNC(=O)Oc1ccccc1. The van der Waals surface area contributed by atoms with Gasteiger partial charge in [0.1, 0.15) is 5.75 Å². The van der Waals surface area contributed by atoms with Gasteiger partial charge in [0.15, 0.2) is 0 Å². The molecule has 1 amide bonds. The molecule has 0 fully saturated rings. The van der Waals surface area contributed by atoms with Crippen molar-refractivity contribution < 1.29 is 9.53 Å². The number of para-hydroxylation sites is 1. The smallest absolute Gasteiger partial charge is 0.410 e. The van der Waals surface area contributed by atoms with E-state index in [1.807, 2.05) is 18.2 Å². The largest absolute Gasteiger partial charge is 0.412 e. The Bertz CT molecular complexity index is 366. The molecule has 0 saturated heterocycles. The van der Waals surface area contributed by atoms with Crippen LogP contribution in [0.2, 0.25) is 0 Å². The van der Waals surface area contributed by atoms with E-state index >= 15 is 0 Å². The van der Waals surface area contributed by atoms with Crippen LogP contribution in [0, 0.1) is 0 Å². The average Bonchev–Trinajstić information content (AvgIpc) is 2.39. The molecule has 4 nitrogen and oxygen atoms in total. The number of ether oxygens (including phenoxy) is 1. The lowest BCUT2D eigenvalue weighted by atomic mass is 10.2. The second-order valence-corrected chi connectivity index (χ2v) is 4.91. The van der Waals surface area contributed by atoms with E-state index in [1.54, 1.807) is 12.1 Å². The lowest BCUT2D eigenvalue weighted by molar-refractivity contribution is 0.200. The topological polar surface area (TPSA) is 41.6 Å². The molecule has 0 atom stereocenters. The highest BCUT2D eigenvalue weighted by molar-refractivity contribution is 5.70. The Labute approximate surface area is 115 Å². The van der Waals surface area contributed by atoms with Gasteiger partial charge in [0.05, 0.1) is 0 Å². The van der Waals surface area contributed by atoms with E-state index in [1.165, 1.54) is 0 Å². The molecular weight excluding hydrogens is 240 g/mol. The van der Waals surface area contributed by atoms with Crippen molar-refractivity contribution in [3.05, 3.63) is 30.3 Å². The summed E-state index contributed by atoms with van der Waals surface area (Å²) in [7, 11) is 2.11. The van der Waals surface area contributed by atoms with Crippen LogP contribution in [0.3, 0.4) is 0 Å². The molecule has 0 aliphatic heterocycles. The first-order valence-corrected chi connectivity index (χ1v) is 6.80. The molecular formula is C15H24N2O2. The molecule has 0 radical (unpaired) electrons. The first-order chi connectivity index (χ1) is 9.09. The van der Waals surface area contributed by atoms with Crippen LogP contribution in [0.4, 0.5) is 4.79 Å². The fourth-order valence-corrected chi connectivity index (χ4v) is 1.57. The van der Waals surface area contributed by atoms with Gasteiger partial charge in [-0.15, -0.1) is 0 Å². The third-order valence-corrected chi connectivity index (χ3v) is 3.04. The number of carbonyl (C=O) groups excluding carboxylic acids is 1. The summed E-state index contributed by atoms with van der Waals surface area (Å²) < 4.78 is 5.12. The van der Waals surface area contributed by atoms with Crippen molar-refractivity contribution in [3.63, 3.8) is 0 Å². The van der Waals surface area contributed by atoms with E-state index in [0.29, 0.717) is 18.3 Å². The fraction of sp³-hybridized carbons (Fsp3) is 0.533. The Morgan fingerprint density at radius 3 is 2.58 bits per heavy atom. The third kappa shape index (κ3) is 6.82. The monoisotopic (exact) mass is 264 g/mol. The van der Waals surface area contributed by atoms with Gasteiger partial charge in [0, 0.05) is 12.6 Å². The summed E-state index contributed by atoms with van der Waals surface area (Å²) >= 11 is 0. The lowest BCUT2D eigenvalue weighted by Crippen LogP contribution is -2.30. The maximum Gasteiger partial charge on any atom is 0.412 e. The summed E-state index contributed by atoms with van der Waals surface area (Å²) in [4.78, 5) is 13.8. The van der Waals surface area contributed by atoms with Crippen molar-refractivity contribution in [1.82, 2.24) is 10.2 Å². The second-order valence-electron chi connectivity index (χ2n) is 4.91. The number of unbranched alkanes of at least 4 members (excludes halogenated alkanes) is 1. The van der Waals surface area contributed by atoms with Gasteiger partial charge >= 0.3 is 6.09 Å². The van der Waals surface area contributed by atoms with Crippen molar-refractivity contribution in [2.45, 2.75) is 32.7 Å². The van der Waals surface area contributed by atoms with Crippen molar-refractivity contribution in [2.75, 3.05) is 20.1 Å². The molecule has 0 aliphatic rings. The minimum absolute atomic E-state index is 0.386. The van der Waals surface area contributed by atoms with Crippen LogP contribution in [0.1, 0.15) is 26.7 Å². The van der Waals surface area contributed by atoms with Crippen LogP contribution in [-0.2, 0) is 0 Å². The van der Waals surface area contributed by atoms with E-state index < -0.39 is 0 Å². The molecule has 0 heterocycles. The quantitative estimate of drug-likeness (QED) is 0.770. The molecule has 0 aromatic heterocycles. The Morgan fingerprint density at radius 2 is 1.95 bits per heavy atom. The van der Waals surface area contributed by atoms with E-state index in [9.17, 15) is 4.79 Å². The molecule has 19 heavy (non-hydrogen) atoms. The lowest BCUT2D eigenvalue weighted by Gasteiger charge is -2.20. The minimum atomic E-state index is -0.386. The highest BCUT2D eigenvalue weighted by Gasteiger charge is 2.04. The Hall–Kier alpha value is -1.55. The molecule has 0 saturated carbocycles. The number of benzene rings is 1. The van der Waals surface area contributed by atoms with Crippen LogP contribution in [0.15, 0.2) is 30.3 Å². The van der Waals surface area contributed by atoms with Crippen LogP contribution in [0.25, 0.3) is 0 Å². The molecule has 106 valence electrons. The summed E-state index contributed by atoms with van der Waals surface area (Å²) in [5, 5.41) is 2.75. The van der Waals surface area contributed by atoms with Crippen molar-refractivity contribution in [2.24, 2.45) is 0 Å². The summed E-state index contributed by atoms with van der Waals surface area (Å²) in [6.07, 6.45) is 1.64. The predicted octanol–water partition coefficient (Wildman–Crippen LogP) is 2.90. The van der Waals surface area contributed by atoms with E-state index in [-0.39, 0.29) is 6.09 Å².